The summed E-state index contributed by atoms with van der Waals surface area (Å²) in [6, 6.07) is 0. The molecule has 0 saturated carbocycles. The predicted molar refractivity (Wildman–Crippen MR) is 45.8 cm³/mol. The van der Waals surface area contributed by atoms with E-state index in [0.29, 0.717) is 18.4 Å². The lowest BCUT2D eigenvalue weighted by atomic mass is 9.95. The van der Waals surface area contributed by atoms with Crippen LogP contribution in [0.25, 0.3) is 0 Å². The van der Waals surface area contributed by atoms with Crippen molar-refractivity contribution in [2.75, 3.05) is 6.61 Å². The Bertz CT molecular complexity index is 125. The second-order valence-electron chi connectivity index (χ2n) is 2.91. The Labute approximate surface area is 72.9 Å². The summed E-state index contributed by atoms with van der Waals surface area (Å²) in [5.74, 6) is 0.966. The van der Waals surface area contributed by atoms with E-state index < -0.39 is 5.43 Å². The molecule has 0 saturated heterocycles. The zero-order valence-corrected chi connectivity index (χ0v) is 8.02. The van der Waals surface area contributed by atoms with Crippen LogP contribution in [-0.4, -0.2) is 12.0 Å². The highest BCUT2D eigenvalue weighted by Crippen LogP contribution is 2.14. The fourth-order valence-corrected chi connectivity index (χ4v) is 0.827. The normalized spacial score (nSPS) is 15.6. The van der Waals surface area contributed by atoms with E-state index in [9.17, 15) is 4.79 Å². The van der Waals surface area contributed by atoms with E-state index in [1.807, 2.05) is 6.92 Å². The standard InChI is InChI=1S/C8H15ClO2/c1-4-6(2)7(3)5-11-8(9)10/h6-7H,4-5H2,1-3H3. The molecule has 66 valence electrons. The molecule has 0 aliphatic heterocycles. The van der Waals surface area contributed by atoms with Crippen LogP contribution in [0.1, 0.15) is 27.2 Å². The number of hydrogen-bond acceptors (Lipinski definition) is 2. The summed E-state index contributed by atoms with van der Waals surface area (Å²) in [4.78, 5) is 10.2. The third-order valence-corrected chi connectivity index (χ3v) is 2.18. The maximum Gasteiger partial charge on any atom is 0.403 e. The van der Waals surface area contributed by atoms with Crippen LogP contribution in [0, 0.1) is 11.8 Å². The SMILES string of the molecule is CCC(C)C(C)COC(=O)Cl. The Kier molecular flexibility index (Phi) is 5.30. The lowest BCUT2D eigenvalue weighted by Crippen LogP contribution is -2.14. The van der Waals surface area contributed by atoms with Gasteiger partial charge in [0.15, 0.2) is 0 Å². The highest BCUT2D eigenvalue weighted by atomic mass is 35.5. The number of halogens is 1. The summed E-state index contributed by atoms with van der Waals surface area (Å²) in [6.45, 7) is 6.72. The Morgan fingerprint density at radius 3 is 2.36 bits per heavy atom. The van der Waals surface area contributed by atoms with E-state index in [2.05, 4.69) is 18.6 Å². The van der Waals surface area contributed by atoms with E-state index in [0.717, 1.165) is 6.42 Å². The van der Waals surface area contributed by atoms with Crippen LogP contribution in [0.4, 0.5) is 4.79 Å². The van der Waals surface area contributed by atoms with Crippen LogP contribution in [0.3, 0.4) is 0 Å². The minimum Gasteiger partial charge on any atom is -0.453 e. The molecule has 3 heteroatoms. The van der Waals surface area contributed by atoms with Crippen LogP contribution in [0.5, 0.6) is 0 Å². The van der Waals surface area contributed by atoms with Gasteiger partial charge >= 0.3 is 5.43 Å². The summed E-state index contributed by atoms with van der Waals surface area (Å²) in [5, 5.41) is 0. The molecule has 2 nitrogen and oxygen atoms in total. The number of ether oxygens (including phenoxy) is 1. The second kappa shape index (κ2) is 5.42. The Hall–Kier alpha value is -0.240. The average Bonchev–Trinajstić information content (AvgIpc) is 1.98. The molecular weight excluding hydrogens is 164 g/mol. The lowest BCUT2D eigenvalue weighted by Gasteiger charge is -2.16. The van der Waals surface area contributed by atoms with Crippen molar-refractivity contribution in [3.8, 4) is 0 Å². The van der Waals surface area contributed by atoms with Crippen LogP contribution >= 0.6 is 11.6 Å². The smallest absolute Gasteiger partial charge is 0.403 e. The first-order valence-electron chi connectivity index (χ1n) is 3.90. The third-order valence-electron chi connectivity index (χ3n) is 2.08. The summed E-state index contributed by atoms with van der Waals surface area (Å²) in [5.41, 5.74) is -0.708. The van der Waals surface area contributed by atoms with E-state index in [1.165, 1.54) is 0 Å². The molecule has 2 atom stereocenters. The summed E-state index contributed by atoms with van der Waals surface area (Å²) in [6.07, 6.45) is 1.10. The summed E-state index contributed by atoms with van der Waals surface area (Å²) < 4.78 is 4.65. The van der Waals surface area contributed by atoms with Gasteiger partial charge in [-0.25, -0.2) is 4.79 Å². The van der Waals surface area contributed by atoms with Gasteiger partial charge < -0.3 is 4.74 Å². The van der Waals surface area contributed by atoms with Crippen molar-refractivity contribution in [1.82, 2.24) is 0 Å². The number of carbonyl (C=O) groups is 1. The fraction of sp³-hybridized carbons (Fsp3) is 0.875. The van der Waals surface area contributed by atoms with Crippen molar-refractivity contribution in [2.45, 2.75) is 27.2 Å². The number of carbonyl (C=O) groups excluding carboxylic acids is 1. The molecule has 0 spiro atoms. The molecule has 0 aromatic carbocycles. The van der Waals surface area contributed by atoms with Crippen LogP contribution < -0.4 is 0 Å². The second-order valence-corrected chi connectivity index (χ2v) is 3.22. The largest absolute Gasteiger partial charge is 0.453 e. The van der Waals surface area contributed by atoms with Crippen LogP contribution in [0.2, 0.25) is 0 Å². The first kappa shape index (κ1) is 10.8. The van der Waals surface area contributed by atoms with Gasteiger partial charge in [0.1, 0.15) is 0 Å². The van der Waals surface area contributed by atoms with Gasteiger partial charge in [-0.15, -0.1) is 0 Å². The monoisotopic (exact) mass is 178 g/mol. The highest BCUT2D eigenvalue weighted by molar-refractivity contribution is 6.61. The molecule has 0 aromatic rings. The van der Waals surface area contributed by atoms with Crippen molar-refractivity contribution in [3.05, 3.63) is 0 Å². The van der Waals surface area contributed by atoms with Gasteiger partial charge in [-0.1, -0.05) is 27.2 Å². The average molecular weight is 179 g/mol. The minimum absolute atomic E-state index is 0.391. The van der Waals surface area contributed by atoms with Gasteiger partial charge in [0, 0.05) is 11.6 Å². The first-order chi connectivity index (χ1) is 5.07. The van der Waals surface area contributed by atoms with Gasteiger partial charge in [0.05, 0.1) is 6.61 Å². The molecule has 0 rings (SSSR count). The molecule has 0 radical (unpaired) electrons. The topological polar surface area (TPSA) is 26.3 Å². The van der Waals surface area contributed by atoms with Gasteiger partial charge in [0.2, 0.25) is 0 Å². The molecule has 0 bridgehead atoms. The van der Waals surface area contributed by atoms with Gasteiger partial charge in [0.25, 0.3) is 0 Å². The lowest BCUT2D eigenvalue weighted by molar-refractivity contribution is 0.139. The maximum absolute atomic E-state index is 10.2. The summed E-state index contributed by atoms with van der Waals surface area (Å²) >= 11 is 5.01. The molecular formula is C8H15ClO2. The Morgan fingerprint density at radius 1 is 1.45 bits per heavy atom. The molecule has 0 N–H and O–H groups in total. The van der Waals surface area contributed by atoms with Gasteiger partial charge in [-0.05, 0) is 11.8 Å². The van der Waals surface area contributed by atoms with Crippen LogP contribution in [0.15, 0.2) is 0 Å². The zero-order valence-electron chi connectivity index (χ0n) is 7.26. The van der Waals surface area contributed by atoms with E-state index in [1.54, 1.807) is 0 Å². The minimum atomic E-state index is -0.708. The van der Waals surface area contributed by atoms with E-state index >= 15 is 0 Å². The third kappa shape index (κ3) is 5.08. The molecule has 11 heavy (non-hydrogen) atoms. The predicted octanol–water partition coefficient (Wildman–Crippen LogP) is 3.04. The van der Waals surface area contributed by atoms with Crippen molar-refractivity contribution in [2.24, 2.45) is 11.8 Å². The first-order valence-corrected chi connectivity index (χ1v) is 4.28. The van der Waals surface area contributed by atoms with Crippen molar-refractivity contribution in [1.29, 1.82) is 0 Å². The molecule has 0 amide bonds. The van der Waals surface area contributed by atoms with Gasteiger partial charge in [-0.3, -0.25) is 0 Å². The van der Waals surface area contributed by atoms with Crippen molar-refractivity contribution >= 4 is 17.0 Å². The molecule has 0 heterocycles. The molecule has 0 aliphatic carbocycles. The molecule has 0 fully saturated rings. The Morgan fingerprint density at radius 2 is 2.00 bits per heavy atom. The molecule has 0 aromatic heterocycles. The Balaban J connectivity index is 3.51. The fourth-order valence-electron chi connectivity index (χ4n) is 0.764. The van der Waals surface area contributed by atoms with Crippen molar-refractivity contribution < 1.29 is 9.53 Å². The van der Waals surface area contributed by atoms with Crippen molar-refractivity contribution in [3.63, 3.8) is 0 Å². The number of rotatable bonds is 4. The zero-order chi connectivity index (χ0) is 8.85. The van der Waals surface area contributed by atoms with E-state index in [4.69, 9.17) is 11.6 Å². The number of hydrogen-bond donors (Lipinski definition) is 0. The molecule has 0 aliphatic rings. The maximum atomic E-state index is 10.2. The van der Waals surface area contributed by atoms with Crippen LogP contribution in [-0.2, 0) is 4.74 Å². The summed E-state index contributed by atoms with van der Waals surface area (Å²) in [7, 11) is 0. The highest BCUT2D eigenvalue weighted by Gasteiger charge is 2.11. The van der Waals surface area contributed by atoms with E-state index in [-0.39, 0.29) is 0 Å². The van der Waals surface area contributed by atoms with Gasteiger partial charge in [-0.2, -0.15) is 0 Å². The molecule has 2 unspecified atom stereocenters. The quantitative estimate of drug-likeness (QED) is 0.619.